The lowest BCUT2D eigenvalue weighted by atomic mass is 10.2. The summed E-state index contributed by atoms with van der Waals surface area (Å²) in [6.07, 6.45) is 1.34. The van der Waals surface area contributed by atoms with Crippen LogP contribution in [0, 0.1) is 5.92 Å². The molecule has 3 N–H and O–H groups in total. The third-order valence-corrected chi connectivity index (χ3v) is 2.09. The van der Waals surface area contributed by atoms with Crippen molar-refractivity contribution in [2.75, 3.05) is 26.2 Å². The van der Waals surface area contributed by atoms with Crippen molar-refractivity contribution < 1.29 is 9.59 Å². The number of hydrogen-bond acceptors (Lipinski definition) is 3. The average molecular weight is 243 g/mol. The van der Waals surface area contributed by atoms with E-state index in [0.29, 0.717) is 32.0 Å². The fraction of sp³-hybridized carbons (Fsp3) is 0.833. The highest BCUT2D eigenvalue weighted by Crippen LogP contribution is 1.87. The van der Waals surface area contributed by atoms with Crippen molar-refractivity contribution >= 4 is 11.8 Å². The molecule has 0 radical (unpaired) electrons. The third kappa shape index (κ3) is 11.2. The summed E-state index contributed by atoms with van der Waals surface area (Å²) in [7, 11) is 0. The molecule has 0 spiro atoms. The van der Waals surface area contributed by atoms with E-state index in [0.717, 1.165) is 13.0 Å². The van der Waals surface area contributed by atoms with E-state index < -0.39 is 0 Å². The van der Waals surface area contributed by atoms with Gasteiger partial charge in [-0.3, -0.25) is 9.59 Å². The van der Waals surface area contributed by atoms with Gasteiger partial charge in [0.25, 0.3) is 0 Å². The molecule has 5 heteroatoms. The molecule has 100 valence electrons. The fourth-order valence-corrected chi connectivity index (χ4v) is 1.16. The van der Waals surface area contributed by atoms with Gasteiger partial charge in [-0.25, -0.2) is 0 Å². The average Bonchev–Trinajstić information content (AvgIpc) is 2.27. The number of carbonyl (C=O) groups is 2. The number of rotatable bonds is 9. The maximum Gasteiger partial charge on any atom is 0.233 e. The van der Waals surface area contributed by atoms with E-state index in [1.807, 2.05) is 20.8 Å². The van der Waals surface area contributed by atoms with Crippen LogP contribution in [-0.2, 0) is 9.59 Å². The fourth-order valence-electron chi connectivity index (χ4n) is 1.16. The van der Waals surface area contributed by atoms with E-state index in [2.05, 4.69) is 16.0 Å². The Bertz CT molecular complexity index is 230. The first-order chi connectivity index (χ1) is 8.06. The van der Waals surface area contributed by atoms with Crippen molar-refractivity contribution in [1.29, 1.82) is 0 Å². The second-order valence-electron chi connectivity index (χ2n) is 4.47. The van der Waals surface area contributed by atoms with Crippen LogP contribution in [0.2, 0.25) is 0 Å². The maximum absolute atomic E-state index is 11.3. The van der Waals surface area contributed by atoms with Gasteiger partial charge in [-0.05, 0) is 18.9 Å². The summed E-state index contributed by atoms with van der Waals surface area (Å²) in [5.74, 6) is 0.377. The van der Waals surface area contributed by atoms with E-state index in [-0.39, 0.29) is 11.8 Å². The summed E-state index contributed by atoms with van der Waals surface area (Å²) in [5, 5.41) is 8.50. The Labute approximate surface area is 104 Å². The van der Waals surface area contributed by atoms with Crippen LogP contribution in [0.1, 0.15) is 33.6 Å². The summed E-state index contributed by atoms with van der Waals surface area (Å²) < 4.78 is 0. The Hall–Kier alpha value is -1.10. The van der Waals surface area contributed by atoms with Gasteiger partial charge in [0.1, 0.15) is 0 Å². The van der Waals surface area contributed by atoms with Gasteiger partial charge in [0.05, 0.1) is 6.54 Å². The topological polar surface area (TPSA) is 70.2 Å². The van der Waals surface area contributed by atoms with Crippen molar-refractivity contribution in [2.45, 2.75) is 33.6 Å². The van der Waals surface area contributed by atoms with Crippen molar-refractivity contribution in [3.8, 4) is 0 Å². The molecular formula is C12H25N3O2. The predicted octanol–water partition coefficient (Wildman–Crippen LogP) is 0.265. The summed E-state index contributed by atoms with van der Waals surface area (Å²) >= 11 is 0. The summed E-state index contributed by atoms with van der Waals surface area (Å²) in [5.41, 5.74) is 0. The Morgan fingerprint density at radius 3 is 2.35 bits per heavy atom. The van der Waals surface area contributed by atoms with Crippen LogP contribution in [0.25, 0.3) is 0 Å². The van der Waals surface area contributed by atoms with Crippen LogP contribution in [0.5, 0.6) is 0 Å². The molecule has 2 amide bonds. The standard InChI is InChI=1S/C12H25N3O2/c1-4-6-13-9-12(17)14-7-5-11(16)15-8-10(2)3/h10,13H,4-9H2,1-3H3,(H,14,17)(H,15,16). The molecule has 5 nitrogen and oxygen atoms in total. The highest BCUT2D eigenvalue weighted by molar-refractivity contribution is 5.80. The van der Waals surface area contributed by atoms with Gasteiger partial charge >= 0.3 is 0 Å². The molecule has 0 fully saturated rings. The molecule has 0 aliphatic rings. The van der Waals surface area contributed by atoms with Crippen molar-refractivity contribution in [2.24, 2.45) is 5.92 Å². The SMILES string of the molecule is CCCNCC(=O)NCCC(=O)NCC(C)C. The van der Waals surface area contributed by atoms with Gasteiger partial charge in [-0.15, -0.1) is 0 Å². The number of nitrogens with one attached hydrogen (secondary N) is 3. The third-order valence-electron chi connectivity index (χ3n) is 2.09. The largest absolute Gasteiger partial charge is 0.356 e. The second kappa shape index (κ2) is 10.1. The van der Waals surface area contributed by atoms with Crippen molar-refractivity contribution in [1.82, 2.24) is 16.0 Å². The molecule has 0 saturated carbocycles. The zero-order valence-corrected chi connectivity index (χ0v) is 11.1. The molecule has 0 heterocycles. The van der Waals surface area contributed by atoms with Crippen LogP contribution in [0.3, 0.4) is 0 Å². The van der Waals surface area contributed by atoms with Gasteiger partial charge in [0.15, 0.2) is 0 Å². The van der Waals surface area contributed by atoms with E-state index in [4.69, 9.17) is 0 Å². The highest BCUT2D eigenvalue weighted by atomic mass is 16.2. The first-order valence-electron chi connectivity index (χ1n) is 6.30. The number of amides is 2. The summed E-state index contributed by atoms with van der Waals surface area (Å²) in [6, 6.07) is 0. The molecule has 0 aromatic rings. The number of hydrogen-bond donors (Lipinski definition) is 3. The molecular weight excluding hydrogens is 218 g/mol. The lowest BCUT2D eigenvalue weighted by Gasteiger charge is -2.08. The molecule has 0 atom stereocenters. The second-order valence-corrected chi connectivity index (χ2v) is 4.47. The van der Waals surface area contributed by atoms with Crippen LogP contribution >= 0.6 is 0 Å². The minimum absolute atomic E-state index is 0.0134. The van der Waals surface area contributed by atoms with Gasteiger partial charge in [0, 0.05) is 19.5 Å². The Balaban J connectivity index is 3.42. The summed E-state index contributed by atoms with van der Waals surface area (Å²) in [4.78, 5) is 22.6. The summed E-state index contributed by atoms with van der Waals surface area (Å²) in [6.45, 7) is 8.37. The maximum atomic E-state index is 11.3. The van der Waals surface area contributed by atoms with Crippen LogP contribution in [-0.4, -0.2) is 38.0 Å². The van der Waals surface area contributed by atoms with Gasteiger partial charge in [0.2, 0.25) is 11.8 Å². The molecule has 0 bridgehead atoms. The monoisotopic (exact) mass is 243 g/mol. The Morgan fingerprint density at radius 2 is 1.76 bits per heavy atom. The molecule has 0 unspecified atom stereocenters. The Kier molecular flexibility index (Phi) is 9.43. The molecule has 0 saturated heterocycles. The molecule has 0 aliphatic carbocycles. The van der Waals surface area contributed by atoms with Gasteiger partial charge < -0.3 is 16.0 Å². The number of carbonyl (C=O) groups excluding carboxylic acids is 2. The lowest BCUT2D eigenvalue weighted by Crippen LogP contribution is -2.37. The molecule has 0 rings (SSSR count). The van der Waals surface area contributed by atoms with Crippen molar-refractivity contribution in [3.05, 3.63) is 0 Å². The van der Waals surface area contributed by atoms with Crippen LogP contribution in [0.4, 0.5) is 0 Å². The zero-order valence-electron chi connectivity index (χ0n) is 11.1. The van der Waals surface area contributed by atoms with E-state index in [1.165, 1.54) is 0 Å². The van der Waals surface area contributed by atoms with Crippen LogP contribution in [0.15, 0.2) is 0 Å². The van der Waals surface area contributed by atoms with E-state index in [9.17, 15) is 9.59 Å². The first kappa shape index (κ1) is 15.9. The van der Waals surface area contributed by atoms with Crippen LogP contribution < -0.4 is 16.0 Å². The normalized spacial score (nSPS) is 10.4. The minimum Gasteiger partial charge on any atom is -0.356 e. The molecule has 0 aliphatic heterocycles. The van der Waals surface area contributed by atoms with E-state index in [1.54, 1.807) is 0 Å². The first-order valence-corrected chi connectivity index (χ1v) is 6.30. The van der Waals surface area contributed by atoms with Crippen molar-refractivity contribution in [3.63, 3.8) is 0 Å². The van der Waals surface area contributed by atoms with E-state index >= 15 is 0 Å². The van der Waals surface area contributed by atoms with Gasteiger partial charge in [-0.2, -0.15) is 0 Å². The zero-order chi connectivity index (χ0) is 13.1. The molecule has 17 heavy (non-hydrogen) atoms. The quantitative estimate of drug-likeness (QED) is 0.509. The lowest BCUT2D eigenvalue weighted by molar-refractivity contribution is -0.122. The molecule has 0 aromatic heterocycles. The molecule has 0 aromatic carbocycles. The Morgan fingerprint density at radius 1 is 1.06 bits per heavy atom. The minimum atomic E-state index is -0.0601. The predicted molar refractivity (Wildman–Crippen MR) is 68.6 cm³/mol. The highest BCUT2D eigenvalue weighted by Gasteiger charge is 2.04. The smallest absolute Gasteiger partial charge is 0.233 e. The van der Waals surface area contributed by atoms with Gasteiger partial charge in [-0.1, -0.05) is 20.8 Å².